The largest absolute Gasteiger partial charge is 0.492 e. The lowest BCUT2D eigenvalue weighted by atomic mass is 10.1. The molecule has 2 aromatic carbocycles. The number of benzene rings is 2. The summed E-state index contributed by atoms with van der Waals surface area (Å²) in [5.41, 5.74) is 1.29. The van der Waals surface area contributed by atoms with Gasteiger partial charge in [0.05, 0.1) is 0 Å². The molecule has 0 aliphatic heterocycles. The number of rotatable bonds is 6. The average Bonchev–Trinajstić information content (AvgIpc) is 2.56. The maximum absolute atomic E-state index is 5.66. The van der Waals surface area contributed by atoms with Crippen LogP contribution in [0, 0.1) is 0 Å². The van der Waals surface area contributed by atoms with Crippen LogP contribution < -0.4 is 10.1 Å². The zero-order valence-corrected chi connectivity index (χ0v) is 11.8. The molecule has 0 spiro atoms. The number of nitrogens with one attached hydrogen (secondary N) is 1. The van der Waals surface area contributed by atoms with Crippen molar-refractivity contribution in [3.63, 3.8) is 0 Å². The Labute approximate surface area is 124 Å². The lowest BCUT2D eigenvalue weighted by Gasteiger charge is -2.09. The Morgan fingerprint density at radius 2 is 1.86 bits per heavy atom. The van der Waals surface area contributed by atoms with Gasteiger partial charge in [0.15, 0.2) is 0 Å². The van der Waals surface area contributed by atoms with E-state index in [4.69, 9.17) is 4.74 Å². The zero-order chi connectivity index (χ0) is 14.3. The van der Waals surface area contributed by atoms with Crippen molar-refractivity contribution in [3.05, 3.63) is 72.6 Å². The van der Waals surface area contributed by atoms with Crippen LogP contribution in [0.2, 0.25) is 0 Å². The molecule has 21 heavy (non-hydrogen) atoms. The van der Waals surface area contributed by atoms with Gasteiger partial charge >= 0.3 is 0 Å². The van der Waals surface area contributed by atoms with E-state index in [2.05, 4.69) is 34.6 Å². The summed E-state index contributed by atoms with van der Waals surface area (Å²) in [6.45, 7) is 2.31. The van der Waals surface area contributed by atoms with Gasteiger partial charge in [-0.2, -0.15) is 0 Å². The van der Waals surface area contributed by atoms with Gasteiger partial charge in [-0.25, -0.2) is 0 Å². The van der Waals surface area contributed by atoms with Gasteiger partial charge < -0.3 is 10.1 Å². The van der Waals surface area contributed by atoms with Crippen molar-refractivity contribution in [2.75, 3.05) is 13.2 Å². The van der Waals surface area contributed by atoms with Gasteiger partial charge in [0, 0.05) is 30.9 Å². The maximum atomic E-state index is 5.66. The standard InChI is InChI=1S/C18H18N2O/c1-2-7-17(8-3-1)21-12-11-20-14-16-6-4-5-15-13-19-10-9-18(15)16/h1-10,13,20H,11-12,14H2. The molecule has 0 amide bonds. The predicted molar refractivity (Wildman–Crippen MR) is 85.4 cm³/mol. The first-order valence-electron chi connectivity index (χ1n) is 7.14. The highest BCUT2D eigenvalue weighted by Gasteiger charge is 2.00. The highest BCUT2D eigenvalue weighted by molar-refractivity contribution is 5.84. The fraction of sp³-hybridized carbons (Fsp3) is 0.167. The molecular weight excluding hydrogens is 260 g/mol. The maximum Gasteiger partial charge on any atom is 0.119 e. The SMILES string of the molecule is c1ccc(OCCNCc2cccc3cnccc23)cc1. The molecule has 0 fully saturated rings. The lowest BCUT2D eigenvalue weighted by molar-refractivity contribution is 0.314. The second-order valence-electron chi connectivity index (χ2n) is 4.85. The van der Waals surface area contributed by atoms with Crippen LogP contribution in [-0.4, -0.2) is 18.1 Å². The second kappa shape index (κ2) is 6.86. The minimum atomic E-state index is 0.663. The first-order chi connectivity index (χ1) is 10.4. The molecule has 1 aromatic heterocycles. The summed E-state index contributed by atoms with van der Waals surface area (Å²) < 4.78 is 5.66. The Kier molecular flexibility index (Phi) is 4.44. The molecular formula is C18H18N2O. The second-order valence-corrected chi connectivity index (χ2v) is 4.85. The van der Waals surface area contributed by atoms with Crippen molar-refractivity contribution < 1.29 is 4.74 Å². The van der Waals surface area contributed by atoms with Gasteiger partial charge in [-0.15, -0.1) is 0 Å². The van der Waals surface area contributed by atoms with Gasteiger partial charge in [-0.3, -0.25) is 4.98 Å². The molecule has 0 saturated carbocycles. The number of fused-ring (bicyclic) bond motifs is 1. The summed E-state index contributed by atoms with van der Waals surface area (Å²) in [7, 11) is 0. The molecule has 3 rings (SSSR count). The molecule has 3 nitrogen and oxygen atoms in total. The lowest BCUT2D eigenvalue weighted by Crippen LogP contribution is -2.20. The quantitative estimate of drug-likeness (QED) is 0.702. The monoisotopic (exact) mass is 278 g/mol. The summed E-state index contributed by atoms with van der Waals surface area (Å²) in [5.74, 6) is 0.913. The third-order valence-corrected chi connectivity index (χ3v) is 3.38. The predicted octanol–water partition coefficient (Wildman–Crippen LogP) is 3.40. The smallest absolute Gasteiger partial charge is 0.119 e. The number of para-hydroxylation sites is 1. The summed E-state index contributed by atoms with van der Waals surface area (Å²) in [6, 6.07) is 18.3. The number of pyridine rings is 1. The van der Waals surface area contributed by atoms with Gasteiger partial charge in [-0.05, 0) is 29.1 Å². The molecule has 0 saturated heterocycles. The third-order valence-electron chi connectivity index (χ3n) is 3.38. The van der Waals surface area contributed by atoms with Crippen LogP contribution in [0.5, 0.6) is 5.75 Å². The van der Waals surface area contributed by atoms with E-state index in [1.54, 1.807) is 0 Å². The highest BCUT2D eigenvalue weighted by Crippen LogP contribution is 2.17. The minimum Gasteiger partial charge on any atom is -0.492 e. The Morgan fingerprint density at radius 3 is 2.76 bits per heavy atom. The van der Waals surface area contributed by atoms with E-state index < -0.39 is 0 Å². The fourth-order valence-corrected chi connectivity index (χ4v) is 2.32. The molecule has 0 unspecified atom stereocenters. The molecule has 3 aromatic rings. The van der Waals surface area contributed by atoms with Gasteiger partial charge in [0.1, 0.15) is 12.4 Å². The van der Waals surface area contributed by atoms with Crippen LogP contribution in [0.25, 0.3) is 10.8 Å². The summed E-state index contributed by atoms with van der Waals surface area (Å²) in [5, 5.41) is 5.85. The van der Waals surface area contributed by atoms with E-state index in [1.807, 2.05) is 42.7 Å². The Balaban J connectivity index is 1.51. The summed E-state index contributed by atoms with van der Waals surface area (Å²) in [6.07, 6.45) is 3.74. The Morgan fingerprint density at radius 1 is 0.952 bits per heavy atom. The fourth-order valence-electron chi connectivity index (χ4n) is 2.32. The average molecular weight is 278 g/mol. The summed E-state index contributed by atoms with van der Waals surface area (Å²) in [4.78, 5) is 4.16. The first-order valence-corrected chi connectivity index (χ1v) is 7.14. The van der Waals surface area contributed by atoms with Crippen LogP contribution in [0.15, 0.2) is 67.0 Å². The van der Waals surface area contributed by atoms with Crippen molar-refractivity contribution in [1.82, 2.24) is 10.3 Å². The number of aromatic nitrogens is 1. The number of ether oxygens (including phenoxy) is 1. The molecule has 0 bridgehead atoms. The highest BCUT2D eigenvalue weighted by atomic mass is 16.5. The molecule has 0 radical (unpaired) electrons. The molecule has 0 aliphatic carbocycles. The molecule has 1 N–H and O–H groups in total. The van der Waals surface area contributed by atoms with Gasteiger partial charge in [0.2, 0.25) is 0 Å². The molecule has 3 heteroatoms. The van der Waals surface area contributed by atoms with E-state index in [0.717, 1.165) is 18.8 Å². The van der Waals surface area contributed by atoms with E-state index in [1.165, 1.54) is 16.3 Å². The van der Waals surface area contributed by atoms with Crippen molar-refractivity contribution >= 4 is 10.8 Å². The normalized spacial score (nSPS) is 10.7. The molecule has 0 atom stereocenters. The topological polar surface area (TPSA) is 34.1 Å². The van der Waals surface area contributed by atoms with Gasteiger partial charge in [0.25, 0.3) is 0 Å². The van der Waals surface area contributed by atoms with Crippen LogP contribution in [0.4, 0.5) is 0 Å². The molecule has 0 aliphatic rings. The number of hydrogen-bond donors (Lipinski definition) is 1. The Bertz CT molecular complexity index is 692. The number of hydrogen-bond acceptors (Lipinski definition) is 3. The van der Waals surface area contributed by atoms with Crippen LogP contribution in [0.1, 0.15) is 5.56 Å². The zero-order valence-electron chi connectivity index (χ0n) is 11.8. The summed E-state index contributed by atoms with van der Waals surface area (Å²) >= 11 is 0. The van der Waals surface area contributed by atoms with Crippen molar-refractivity contribution in [2.24, 2.45) is 0 Å². The van der Waals surface area contributed by atoms with E-state index >= 15 is 0 Å². The van der Waals surface area contributed by atoms with Crippen LogP contribution in [-0.2, 0) is 6.54 Å². The van der Waals surface area contributed by atoms with Crippen LogP contribution >= 0.6 is 0 Å². The first kappa shape index (κ1) is 13.6. The van der Waals surface area contributed by atoms with E-state index in [9.17, 15) is 0 Å². The van der Waals surface area contributed by atoms with Crippen molar-refractivity contribution in [1.29, 1.82) is 0 Å². The minimum absolute atomic E-state index is 0.663. The van der Waals surface area contributed by atoms with Crippen LogP contribution in [0.3, 0.4) is 0 Å². The molecule has 106 valence electrons. The van der Waals surface area contributed by atoms with Crippen molar-refractivity contribution in [2.45, 2.75) is 6.54 Å². The van der Waals surface area contributed by atoms with E-state index in [-0.39, 0.29) is 0 Å². The molecule has 1 heterocycles. The van der Waals surface area contributed by atoms with Gasteiger partial charge in [-0.1, -0.05) is 36.4 Å². The van der Waals surface area contributed by atoms with E-state index in [0.29, 0.717) is 6.61 Å². The Hall–Kier alpha value is -2.39. The number of nitrogens with zero attached hydrogens (tertiary/aromatic N) is 1. The van der Waals surface area contributed by atoms with Crippen molar-refractivity contribution in [3.8, 4) is 5.75 Å². The third kappa shape index (κ3) is 3.58.